The number of aromatic amines is 1. The van der Waals surface area contributed by atoms with Crippen molar-refractivity contribution in [1.29, 1.82) is 0 Å². The molecule has 0 aliphatic carbocycles. The molecule has 4 rings (SSSR count). The first-order valence-corrected chi connectivity index (χ1v) is 41.9. The van der Waals surface area contributed by atoms with Crippen LogP contribution < -0.4 is 108 Å². The van der Waals surface area contributed by atoms with E-state index in [-0.39, 0.29) is 68.1 Å². The third-order valence-electron chi connectivity index (χ3n) is 18.7. The van der Waals surface area contributed by atoms with Gasteiger partial charge in [-0.2, -0.15) is 37.0 Å². The van der Waals surface area contributed by atoms with Crippen molar-refractivity contribution in [3.05, 3.63) is 102 Å². The van der Waals surface area contributed by atoms with Crippen LogP contribution in [0.3, 0.4) is 0 Å². The van der Waals surface area contributed by atoms with E-state index in [0.717, 1.165) is 13.8 Å². The first-order valence-electron chi connectivity index (χ1n) is 39.2. The number of rotatable bonds is 57. The van der Waals surface area contributed by atoms with Gasteiger partial charge in [0.25, 0.3) is 0 Å². The topological polar surface area (TPSA) is 715 Å². The van der Waals surface area contributed by atoms with Crippen molar-refractivity contribution in [2.75, 3.05) is 62.8 Å². The molecule has 3 aromatic carbocycles. The number of nitrogens with one attached hydrogen (secondary N) is 16. The van der Waals surface area contributed by atoms with Crippen molar-refractivity contribution in [2.45, 2.75) is 182 Å². The lowest BCUT2D eigenvalue weighted by molar-refractivity contribution is -0.142. The molecule has 4 aromatic rings. The molecule has 0 spiro atoms. The average molecular weight is 1780 g/mol. The second-order valence-corrected chi connectivity index (χ2v) is 30.3. The molecule has 123 heavy (non-hydrogen) atoms. The standard InChI is InChI=1S/C77H113N21O22S3/c1-40(65(107)84-34-61(104)88-50(25-28-123-3)70(112)91-49(23-24-59(81)102)69(111)93-54(31-44-33-83-48-17-8-7-15-46(44)48)72(114)97-58(39-122)74(116)92-51(77(119)120)18-10-12-27-79)87-71(113)55(32-60(82)103)94-76(118)64(41(2)100)98-73(115)53(29-42-13-5-4-6-14-42)90-63(106)35-85-67(109)52(30-43-19-21-45(101)22-20-43)89-62(105)36-86-68(110)56(37-99)95-75(117)57(38-121)96-66(108)47(80)16-9-11-26-78/h4-8,13-15,17,19-22,33,40-41,47,49-58,64,83,99-101,121-122H,9-12,16,18,23-32,34-39,78-80H2,1-3H3,(H2,81,102)(H2,82,103)(H,84,107)(H,85,109)(H,86,110)(H,87,113)(H,88,104)(H,89,105)(H,90,106)(H,91,112)(H,92,116)(H,93,111)(H,94,118)(H,95,117)(H,96,108)(H,97,114)(H,98,115)(H,119,120)/t40-,41+,47-,49-,50-,51-,52-,53-,54-,55-,56-,57-,58-,64-/m0/s1. The molecule has 0 saturated carbocycles. The van der Waals surface area contributed by atoms with Crippen molar-refractivity contribution < 1.29 is 107 Å². The minimum absolute atomic E-state index is 0.0241. The van der Waals surface area contributed by atoms with Crippen molar-refractivity contribution >= 4 is 154 Å². The quantitative estimate of drug-likeness (QED) is 0.0144. The van der Waals surface area contributed by atoms with Gasteiger partial charge in [-0.05, 0) is 119 Å². The number of aliphatic hydroxyl groups is 2. The highest BCUT2D eigenvalue weighted by Crippen LogP contribution is 2.21. The third-order valence-corrected chi connectivity index (χ3v) is 20.1. The number of aromatic hydroxyl groups is 1. The Morgan fingerprint density at radius 3 is 1.42 bits per heavy atom. The van der Waals surface area contributed by atoms with Crippen LogP contribution in [-0.4, -0.2) is 279 Å². The molecule has 0 unspecified atom stereocenters. The van der Waals surface area contributed by atoms with E-state index in [4.69, 9.17) is 28.7 Å². The zero-order valence-corrected chi connectivity index (χ0v) is 70.7. The molecule has 0 radical (unpaired) electrons. The Labute approximate surface area is 723 Å². The largest absolute Gasteiger partial charge is 0.508 e. The maximum Gasteiger partial charge on any atom is 0.326 e. The van der Waals surface area contributed by atoms with Crippen LogP contribution in [0.4, 0.5) is 0 Å². The number of hydrogen-bond acceptors (Lipinski definition) is 27. The van der Waals surface area contributed by atoms with Crippen LogP contribution in [0.15, 0.2) is 85.1 Å². The SMILES string of the molecule is CSCC[C@H](NC(=O)CNC(=O)[C@H](C)NC(=O)[C@H](CC(N)=O)NC(=O)[C@@H](NC(=O)[C@H](Cc1ccccc1)NC(=O)CNC(=O)[C@H](Cc1ccc(O)cc1)NC(=O)CNC(=O)[C@H](CO)NC(=O)[C@H](CS)NC(=O)[C@@H](N)CCCCN)[C@@H](C)O)C(=O)N[C@@H](CCC(N)=O)C(=O)N[C@@H](Cc1c[nH]c2ccccc12)C(=O)N[C@@H](CS)C(=O)N[C@@H](CCCCN)C(=O)O. The van der Waals surface area contributed by atoms with Gasteiger partial charge in [0.15, 0.2) is 0 Å². The van der Waals surface area contributed by atoms with Crippen LogP contribution >= 0.6 is 37.0 Å². The number of unbranched alkanes of at least 4 members (excludes halogenated alkanes) is 2. The molecule has 43 nitrogen and oxygen atoms in total. The summed E-state index contributed by atoms with van der Waals surface area (Å²) >= 11 is 9.59. The number of phenols is 1. The van der Waals surface area contributed by atoms with Gasteiger partial charge in [-0.1, -0.05) is 67.1 Å². The number of H-pyrrole nitrogens is 1. The summed E-state index contributed by atoms with van der Waals surface area (Å²) in [6.45, 7) is -0.707. The Kier molecular flexibility index (Phi) is 46.0. The Balaban J connectivity index is 1.44. The summed E-state index contributed by atoms with van der Waals surface area (Å²) < 4.78 is 0. The summed E-state index contributed by atoms with van der Waals surface area (Å²) in [5, 5.41) is 77.1. The molecule has 17 amide bonds. The summed E-state index contributed by atoms with van der Waals surface area (Å²) in [6, 6.07) is 0.437. The number of aliphatic carboxylic acids is 1. The molecular formula is C77H113N21O22S3. The number of benzene rings is 3. The predicted octanol–water partition coefficient (Wildman–Crippen LogP) is -8.12. The van der Waals surface area contributed by atoms with Crippen molar-refractivity contribution in [3.8, 4) is 5.75 Å². The fourth-order valence-electron chi connectivity index (χ4n) is 11.9. The summed E-state index contributed by atoms with van der Waals surface area (Å²) in [4.78, 5) is 246. The maximum atomic E-state index is 14.4. The number of nitrogens with two attached hydrogens (primary N) is 5. The summed E-state index contributed by atoms with van der Waals surface area (Å²) in [6.07, 6.45) is 0.969. The Morgan fingerprint density at radius 2 is 0.886 bits per heavy atom. The van der Waals surface area contributed by atoms with Gasteiger partial charge < -0.3 is 134 Å². The molecule has 0 saturated heterocycles. The number of thiol groups is 2. The number of thioether (sulfide) groups is 1. The first kappa shape index (κ1) is 104. The normalized spacial score (nSPS) is 14.5. The second-order valence-electron chi connectivity index (χ2n) is 28.5. The van der Waals surface area contributed by atoms with E-state index in [1.165, 1.54) is 36.0 Å². The van der Waals surface area contributed by atoms with Crippen LogP contribution in [0.1, 0.15) is 94.7 Å². The van der Waals surface area contributed by atoms with Crippen LogP contribution in [-0.2, 0) is 106 Å². The number of amides is 17. The van der Waals surface area contributed by atoms with Crippen LogP contribution in [0.5, 0.6) is 5.75 Å². The average Bonchev–Trinajstić information content (AvgIpc) is 1.69. The van der Waals surface area contributed by atoms with Crippen molar-refractivity contribution in [1.82, 2.24) is 84.7 Å². The highest BCUT2D eigenvalue weighted by Gasteiger charge is 2.38. The van der Waals surface area contributed by atoms with E-state index in [2.05, 4.69) is 110 Å². The van der Waals surface area contributed by atoms with Gasteiger partial charge in [-0.15, -0.1) is 0 Å². The van der Waals surface area contributed by atoms with Crippen LogP contribution in [0, 0.1) is 0 Å². The predicted molar refractivity (Wildman–Crippen MR) is 455 cm³/mol. The van der Waals surface area contributed by atoms with Crippen molar-refractivity contribution in [3.63, 3.8) is 0 Å². The minimum atomic E-state index is -1.98. The molecule has 14 atom stereocenters. The molecule has 0 aliphatic heterocycles. The molecule has 46 heteroatoms. The number of para-hydroxylation sites is 1. The Bertz CT molecular complexity index is 4270. The van der Waals surface area contributed by atoms with Crippen LogP contribution in [0.2, 0.25) is 0 Å². The van der Waals surface area contributed by atoms with Gasteiger partial charge in [-0.3, -0.25) is 81.5 Å². The fourth-order valence-corrected chi connectivity index (χ4v) is 12.9. The van der Waals surface area contributed by atoms with E-state index in [9.17, 15) is 107 Å². The van der Waals surface area contributed by atoms with Gasteiger partial charge >= 0.3 is 5.97 Å². The molecule has 30 N–H and O–H groups in total. The number of carboxylic acids is 1. The zero-order valence-electron chi connectivity index (χ0n) is 68.0. The molecule has 0 aliphatic rings. The minimum Gasteiger partial charge on any atom is -0.508 e. The Hall–Kier alpha value is -11.7. The first-order chi connectivity index (χ1) is 58.4. The lowest BCUT2D eigenvalue weighted by Crippen LogP contribution is -2.61. The van der Waals surface area contributed by atoms with Gasteiger partial charge in [-0.25, -0.2) is 4.79 Å². The second kappa shape index (κ2) is 54.6. The Morgan fingerprint density at radius 1 is 0.447 bits per heavy atom. The number of hydrogen-bond donors (Lipinski definition) is 27. The van der Waals surface area contributed by atoms with Gasteiger partial charge in [0.2, 0.25) is 100 Å². The molecule has 0 fully saturated rings. The number of aliphatic hydroxyl groups excluding tert-OH is 2. The fraction of sp³-hybridized carbons (Fsp3) is 0.506. The van der Waals surface area contributed by atoms with Gasteiger partial charge in [0.1, 0.15) is 78.3 Å². The smallest absolute Gasteiger partial charge is 0.326 e. The van der Waals surface area contributed by atoms with Gasteiger partial charge in [0.05, 0.1) is 44.8 Å². The lowest BCUT2D eigenvalue weighted by Gasteiger charge is -2.27. The van der Waals surface area contributed by atoms with E-state index in [1.807, 2.05) is 0 Å². The number of carboxylic acid groups (broad SMARTS) is 1. The monoisotopic (exact) mass is 1780 g/mol. The van der Waals surface area contributed by atoms with E-state index in [0.29, 0.717) is 59.8 Å². The highest BCUT2D eigenvalue weighted by molar-refractivity contribution is 7.98. The third kappa shape index (κ3) is 37.3. The zero-order chi connectivity index (χ0) is 91.4. The number of fused-ring (bicyclic) bond motifs is 1. The summed E-state index contributed by atoms with van der Waals surface area (Å²) in [5.74, 6) is -19.1. The summed E-state index contributed by atoms with van der Waals surface area (Å²) in [7, 11) is 0. The number of aromatic nitrogens is 1. The van der Waals surface area contributed by atoms with Crippen LogP contribution in [0.25, 0.3) is 10.9 Å². The van der Waals surface area contributed by atoms with E-state index >= 15 is 0 Å². The lowest BCUT2D eigenvalue weighted by atomic mass is 10.0. The highest BCUT2D eigenvalue weighted by atomic mass is 32.2. The molecule has 1 heterocycles. The number of carbonyl (C=O) groups excluding carboxylic acids is 17. The van der Waals surface area contributed by atoms with Crippen molar-refractivity contribution in [2.24, 2.45) is 28.7 Å². The number of phenolic OH excluding ortho intramolecular Hbond substituents is 1. The number of primary amides is 2. The molecule has 0 bridgehead atoms. The maximum absolute atomic E-state index is 14.4. The van der Waals surface area contributed by atoms with Gasteiger partial charge in [0, 0.05) is 54.3 Å². The molecular weight excluding hydrogens is 1670 g/mol. The van der Waals surface area contributed by atoms with E-state index in [1.54, 1.807) is 67.0 Å². The molecule has 1 aromatic heterocycles. The van der Waals surface area contributed by atoms with E-state index < -0.39 is 237 Å². The molecule has 676 valence electrons. The summed E-state index contributed by atoms with van der Waals surface area (Å²) in [5.41, 5.74) is 30.0. The number of carbonyl (C=O) groups is 18.